The van der Waals surface area contributed by atoms with Gasteiger partial charge < -0.3 is 9.32 Å². The number of benzene rings is 2. The Balaban J connectivity index is 1.84. The van der Waals surface area contributed by atoms with Crippen molar-refractivity contribution >= 4 is 32.8 Å². The summed E-state index contributed by atoms with van der Waals surface area (Å²) in [5, 5.41) is 0.795. The van der Waals surface area contributed by atoms with Crippen molar-refractivity contribution in [2.45, 2.75) is 6.54 Å². The van der Waals surface area contributed by atoms with Gasteiger partial charge in [0.25, 0.3) is 5.91 Å². The summed E-state index contributed by atoms with van der Waals surface area (Å²) in [5.41, 5.74) is 0.816. The third-order valence-corrected chi connectivity index (χ3v) is 4.10. The molecule has 3 nitrogen and oxygen atoms in total. The quantitative estimate of drug-likeness (QED) is 0.658. The minimum absolute atomic E-state index is 0.0170. The number of hydrogen-bond acceptors (Lipinski definition) is 2. The predicted octanol–water partition coefficient (Wildman–Crippen LogP) is 4.75. The fraction of sp³-hybridized carbons (Fsp3) is 0.118. The normalized spacial score (nSPS) is 11.0. The van der Waals surface area contributed by atoms with E-state index in [1.165, 1.54) is 18.0 Å². The van der Waals surface area contributed by atoms with Gasteiger partial charge in [-0.05, 0) is 34.1 Å². The van der Waals surface area contributed by atoms with Crippen LogP contribution in [0.5, 0.6) is 0 Å². The largest absolute Gasteiger partial charge is 0.450 e. The summed E-state index contributed by atoms with van der Waals surface area (Å²) in [6.07, 6.45) is 0. The first-order valence-corrected chi connectivity index (χ1v) is 7.62. The number of amides is 1. The number of carbonyl (C=O) groups is 1. The van der Waals surface area contributed by atoms with Crippen LogP contribution in [0.2, 0.25) is 0 Å². The van der Waals surface area contributed by atoms with Gasteiger partial charge in [0.1, 0.15) is 17.2 Å². The van der Waals surface area contributed by atoms with Crippen LogP contribution in [0, 0.1) is 11.6 Å². The second-order valence-corrected chi connectivity index (χ2v) is 6.02. The summed E-state index contributed by atoms with van der Waals surface area (Å²) in [7, 11) is 1.54. The molecule has 0 spiro atoms. The summed E-state index contributed by atoms with van der Waals surface area (Å²) in [4.78, 5) is 13.7. The molecular weight excluding hydrogens is 368 g/mol. The van der Waals surface area contributed by atoms with Crippen molar-refractivity contribution in [1.82, 2.24) is 4.90 Å². The first-order chi connectivity index (χ1) is 11.0. The van der Waals surface area contributed by atoms with E-state index in [0.29, 0.717) is 5.58 Å². The van der Waals surface area contributed by atoms with Crippen LogP contribution in [0.4, 0.5) is 8.78 Å². The highest BCUT2D eigenvalue weighted by molar-refractivity contribution is 9.10. The number of fused-ring (bicyclic) bond motifs is 1. The Bertz CT molecular complexity index is 891. The Morgan fingerprint density at radius 3 is 2.70 bits per heavy atom. The minimum atomic E-state index is -0.683. The van der Waals surface area contributed by atoms with Gasteiger partial charge in [-0.2, -0.15) is 0 Å². The maximum Gasteiger partial charge on any atom is 0.289 e. The van der Waals surface area contributed by atoms with Gasteiger partial charge in [-0.25, -0.2) is 8.78 Å². The lowest BCUT2D eigenvalue weighted by atomic mass is 10.2. The van der Waals surface area contributed by atoms with E-state index in [1.807, 2.05) is 18.2 Å². The standard InChI is InChI=1S/C17H12BrF2NO2/c1-21(9-11-5-6-12(19)8-14(11)20)17(22)15-7-10-3-2-4-13(18)16(10)23-15/h2-8H,9H2,1H3. The molecule has 6 heteroatoms. The topological polar surface area (TPSA) is 33.5 Å². The van der Waals surface area contributed by atoms with Crippen LogP contribution in [0.25, 0.3) is 11.0 Å². The average molecular weight is 380 g/mol. The van der Waals surface area contributed by atoms with Gasteiger partial charge in [0.05, 0.1) is 4.47 Å². The monoisotopic (exact) mass is 379 g/mol. The molecule has 23 heavy (non-hydrogen) atoms. The van der Waals surface area contributed by atoms with Gasteiger partial charge >= 0.3 is 0 Å². The van der Waals surface area contributed by atoms with Crippen molar-refractivity contribution in [3.8, 4) is 0 Å². The lowest BCUT2D eigenvalue weighted by Gasteiger charge is -2.16. The number of carbonyl (C=O) groups excluding carboxylic acids is 1. The first-order valence-electron chi connectivity index (χ1n) is 6.83. The highest BCUT2D eigenvalue weighted by Crippen LogP contribution is 2.27. The molecule has 1 amide bonds. The Morgan fingerprint density at radius 1 is 1.22 bits per heavy atom. The third kappa shape index (κ3) is 3.12. The van der Waals surface area contributed by atoms with E-state index in [1.54, 1.807) is 6.07 Å². The third-order valence-electron chi connectivity index (χ3n) is 3.48. The van der Waals surface area contributed by atoms with Gasteiger partial charge in [-0.15, -0.1) is 0 Å². The van der Waals surface area contributed by atoms with Crippen LogP contribution in [-0.2, 0) is 6.54 Å². The second kappa shape index (κ2) is 6.12. The highest BCUT2D eigenvalue weighted by Gasteiger charge is 2.19. The van der Waals surface area contributed by atoms with Gasteiger partial charge in [0.15, 0.2) is 5.76 Å². The Morgan fingerprint density at radius 2 is 2.00 bits per heavy atom. The molecule has 0 aliphatic carbocycles. The molecule has 0 aliphatic rings. The Kier molecular flexibility index (Phi) is 4.17. The maximum atomic E-state index is 13.7. The molecule has 0 saturated heterocycles. The SMILES string of the molecule is CN(Cc1ccc(F)cc1F)C(=O)c1cc2cccc(Br)c2o1. The molecule has 3 aromatic rings. The van der Waals surface area contributed by atoms with Crippen LogP contribution in [0.1, 0.15) is 16.1 Å². The van der Waals surface area contributed by atoms with Gasteiger partial charge in [-0.3, -0.25) is 4.79 Å². The van der Waals surface area contributed by atoms with Gasteiger partial charge in [0.2, 0.25) is 0 Å². The number of para-hydroxylation sites is 1. The molecule has 0 radical (unpaired) electrons. The zero-order chi connectivity index (χ0) is 16.6. The lowest BCUT2D eigenvalue weighted by Crippen LogP contribution is -2.26. The number of halogens is 3. The van der Waals surface area contributed by atoms with Crippen LogP contribution in [-0.4, -0.2) is 17.9 Å². The van der Waals surface area contributed by atoms with Crippen molar-refractivity contribution in [3.05, 3.63) is 69.9 Å². The summed E-state index contributed by atoms with van der Waals surface area (Å²) in [6.45, 7) is 0.0170. The van der Waals surface area contributed by atoms with E-state index in [4.69, 9.17) is 4.42 Å². The molecule has 0 unspecified atom stereocenters. The van der Waals surface area contributed by atoms with E-state index in [9.17, 15) is 13.6 Å². The van der Waals surface area contributed by atoms with Crippen molar-refractivity contribution in [1.29, 1.82) is 0 Å². The van der Waals surface area contributed by atoms with Crippen LogP contribution < -0.4 is 0 Å². The Hall–Kier alpha value is -2.21. The molecule has 1 heterocycles. The summed E-state index contributed by atoms with van der Waals surface area (Å²) < 4.78 is 32.9. The number of nitrogens with zero attached hydrogens (tertiary/aromatic N) is 1. The average Bonchev–Trinajstić information content (AvgIpc) is 2.95. The zero-order valence-corrected chi connectivity index (χ0v) is 13.7. The molecule has 0 N–H and O–H groups in total. The molecule has 118 valence electrons. The number of hydrogen-bond donors (Lipinski definition) is 0. The van der Waals surface area contributed by atoms with E-state index in [2.05, 4.69) is 15.9 Å². The van der Waals surface area contributed by atoms with Crippen LogP contribution in [0.3, 0.4) is 0 Å². The lowest BCUT2D eigenvalue weighted by molar-refractivity contribution is 0.0754. The molecule has 0 aliphatic heterocycles. The fourth-order valence-corrected chi connectivity index (χ4v) is 2.76. The molecule has 0 saturated carbocycles. The molecular formula is C17H12BrF2NO2. The molecule has 3 rings (SSSR count). The smallest absolute Gasteiger partial charge is 0.289 e. The first kappa shape index (κ1) is 15.7. The maximum absolute atomic E-state index is 13.7. The van der Waals surface area contributed by atoms with Crippen molar-refractivity contribution in [2.24, 2.45) is 0 Å². The van der Waals surface area contributed by atoms with E-state index < -0.39 is 11.6 Å². The van der Waals surface area contributed by atoms with Crippen molar-refractivity contribution in [3.63, 3.8) is 0 Å². The van der Waals surface area contributed by atoms with Crippen molar-refractivity contribution in [2.75, 3.05) is 7.05 Å². The molecule has 1 aromatic heterocycles. The molecule has 0 bridgehead atoms. The highest BCUT2D eigenvalue weighted by atomic mass is 79.9. The van der Waals surface area contributed by atoms with E-state index in [-0.39, 0.29) is 23.8 Å². The second-order valence-electron chi connectivity index (χ2n) is 5.17. The zero-order valence-electron chi connectivity index (χ0n) is 12.1. The fourth-order valence-electron chi connectivity index (χ4n) is 2.30. The molecule has 0 atom stereocenters. The summed E-state index contributed by atoms with van der Waals surface area (Å²) >= 11 is 3.36. The minimum Gasteiger partial charge on any atom is -0.450 e. The van der Waals surface area contributed by atoms with E-state index >= 15 is 0 Å². The van der Waals surface area contributed by atoms with Crippen LogP contribution in [0.15, 0.2) is 51.4 Å². The number of furan rings is 1. The van der Waals surface area contributed by atoms with Gasteiger partial charge in [-0.1, -0.05) is 18.2 Å². The Labute approximate surface area is 139 Å². The summed E-state index contributed by atoms with van der Waals surface area (Å²) in [6, 6.07) is 10.4. The van der Waals surface area contributed by atoms with Crippen molar-refractivity contribution < 1.29 is 18.0 Å². The number of rotatable bonds is 3. The molecule has 0 fully saturated rings. The molecule has 2 aromatic carbocycles. The van der Waals surface area contributed by atoms with Crippen LogP contribution >= 0.6 is 15.9 Å². The predicted molar refractivity (Wildman–Crippen MR) is 86.1 cm³/mol. The van der Waals surface area contributed by atoms with E-state index in [0.717, 1.165) is 22.0 Å². The summed E-state index contributed by atoms with van der Waals surface area (Å²) in [5.74, 6) is -1.55. The van der Waals surface area contributed by atoms with Gasteiger partial charge in [0, 0.05) is 30.6 Å².